The first-order valence-electron chi connectivity index (χ1n) is 10.7. The third-order valence-corrected chi connectivity index (χ3v) is 5.56. The molecule has 0 fully saturated rings. The Kier molecular flexibility index (Phi) is 8.85. The number of carbonyl (C=O) groups is 1. The van der Waals surface area contributed by atoms with E-state index in [0.29, 0.717) is 36.0 Å². The van der Waals surface area contributed by atoms with Gasteiger partial charge in [-0.25, -0.2) is 0 Å². The normalized spacial score (nSPS) is 10.5. The van der Waals surface area contributed by atoms with Gasteiger partial charge in [-0.15, -0.1) is 0 Å². The summed E-state index contributed by atoms with van der Waals surface area (Å²) in [5, 5.41) is 15.4. The molecule has 35 heavy (non-hydrogen) atoms. The van der Waals surface area contributed by atoms with E-state index in [4.69, 9.17) is 9.47 Å². The van der Waals surface area contributed by atoms with Crippen LogP contribution in [0.2, 0.25) is 0 Å². The Hall–Kier alpha value is -3.86. The van der Waals surface area contributed by atoms with Crippen LogP contribution in [0, 0.1) is 10.1 Å². The molecule has 0 bridgehead atoms. The average molecular weight is 498 g/mol. The summed E-state index contributed by atoms with van der Waals surface area (Å²) < 4.78 is 11.3. The molecule has 1 N–H and O–H groups in total. The van der Waals surface area contributed by atoms with Gasteiger partial charge in [0.15, 0.2) is 5.16 Å². The van der Waals surface area contributed by atoms with Gasteiger partial charge < -0.3 is 19.7 Å². The van der Waals surface area contributed by atoms with Gasteiger partial charge in [-0.2, -0.15) is 9.97 Å². The highest BCUT2D eigenvalue weighted by atomic mass is 32.2. The summed E-state index contributed by atoms with van der Waals surface area (Å²) >= 11 is 1.24. The fourth-order valence-electron chi connectivity index (χ4n) is 3.18. The zero-order valence-corrected chi connectivity index (χ0v) is 20.8. The van der Waals surface area contributed by atoms with Crippen molar-refractivity contribution >= 4 is 29.2 Å². The van der Waals surface area contributed by atoms with E-state index in [1.807, 2.05) is 30.3 Å². The molecule has 0 saturated carbocycles. The number of aryl methyl sites for hydroxylation is 1. The van der Waals surface area contributed by atoms with Crippen molar-refractivity contribution in [1.82, 2.24) is 14.9 Å². The molecular weight excluding hydrogens is 470 g/mol. The molecule has 3 rings (SSSR count). The van der Waals surface area contributed by atoms with Gasteiger partial charge in [-0.3, -0.25) is 14.9 Å². The van der Waals surface area contributed by atoms with E-state index in [2.05, 4.69) is 15.3 Å². The molecule has 0 radical (unpaired) electrons. The van der Waals surface area contributed by atoms with Crippen molar-refractivity contribution in [2.24, 2.45) is 0 Å². The van der Waals surface area contributed by atoms with Crippen LogP contribution in [0.5, 0.6) is 17.4 Å². The van der Waals surface area contributed by atoms with Crippen LogP contribution in [0.3, 0.4) is 0 Å². The van der Waals surface area contributed by atoms with E-state index < -0.39 is 4.92 Å². The van der Waals surface area contributed by atoms with Crippen LogP contribution in [0.4, 0.5) is 11.5 Å². The quantitative estimate of drug-likeness (QED) is 0.176. The summed E-state index contributed by atoms with van der Waals surface area (Å²) in [5.74, 6) is 0.667. The predicted octanol–water partition coefficient (Wildman–Crippen LogP) is 4.54. The standard InChI is InChI=1S/C24H27N5O5S/c1-28(2)20(30)11-10-17-12-18(33-3)14-19(13-17)34-23-21(29(31)32)22(26-24(27-23)35-4)25-15-16-8-6-5-7-9-16/h5-9,12-14H,10-11,15H2,1-4H3,(H,25,26,27). The summed E-state index contributed by atoms with van der Waals surface area (Å²) in [6, 6.07) is 14.6. The van der Waals surface area contributed by atoms with E-state index in [9.17, 15) is 14.9 Å². The minimum absolute atomic E-state index is 0.0135. The lowest BCUT2D eigenvalue weighted by molar-refractivity contribution is -0.385. The zero-order chi connectivity index (χ0) is 25.4. The summed E-state index contributed by atoms with van der Waals surface area (Å²) in [4.78, 5) is 33.5. The Morgan fingerprint density at radius 1 is 1.11 bits per heavy atom. The van der Waals surface area contributed by atoms with Gasteiger partial charge in [0.05, 0.1) is 12.0 Å². The molecule has 0 aliphatic heterocycles. The number of nitrogens with one attached hydrogen (secondary N) is 1. The first-order valence-corrected chi connectivity index (χ1v) is 12.0. The van der Waals surface area contributed by atoms with Crippen molar-refractivity contribution in [3.8, 4) is 17.4 Å². The highest BCUT2D eigenvalue weighted by Gasteiger charge is 2.27. The fourth-order valence-corrected chi connectivity index (χ4v) is 3.54. The van der Waals surface area contributed by atoms with Gasteiger partial charge in [0.25, 0.3) is 0 Å². The number of hydrogen-bond donors (Lipinski definition) is 1. The molecule has 3 aromatic rings. The van der Waals surface area contributed by atoms with Crippen molar-refractivity contribution in [2.75, 3.05) is 32.8 Å². The lowest BCUT2D eigenvalue weighted by Gasteiger charge is -2.13. The predicted molar refractivity (Wildman–Crippen MR) is 134 cm³/mol. The number of carbonyl (C=O) groups excluding carboxylic acids is 1. The molecule has 184 valence electrons. The Labute approximate surface area is 207 Å². The molecule has 2 aromatic carbocycles. The number of amides is 1. The summed E-state index contributed by atoms with van der Waals surface area (Å²) in [6.07, 6.45) is 2.53. The number of nitrogens with zero attached hydrogens (tertiary/aromatic N) is 4. The molecule has 0 saturated heterocycles. The van der Waals surface area contributed by atoms with Crippen LogP contribution in [0.25, 0.3) is 0 Å². The monoisotopic (exact) mass is 497 g/mol. The number of methoxy groups -OCH3 is 1. The topological polar surface area (TPSA) is 120 Å². The van der Waals surface area contributed by atoms with Gasteiger partial charge in [-0.1, -0.05) is 42.1 Å². The Bertz CT molecular complexity index is 1190. The van der Waals surface area contributed by atoms with Crippen molar-refractivity contribution in [3.05, 3.63) is 69.8 Å². The second-order valence-electron chi connectivity index (χ2n) is 7.72. The van der Waals surface area contributed by atoms with Crippen LogP contribution in [-0.4, -0.2) is 53.2 Å². The summed E-state index contributed by atoms with van der Waals surface area (Å²) in [5.41, 5.74) is 1.36. The second-order valence-corrected chi connectivity index (χ2v) is 8.49. The molecule has 0 unspecified atom stereocenters. The summed E-state index contributed by atoms with van der Waals surface area (Å²) in [7, 11) is 4.91. The lowest BCUT2D eigenvalue weighted by Crippen LogP contribution is -2.21. The van der Waals surface area contributed by atoms with E-state index in [1.165, 1.54) is 23.8 Å². The fraction of sp³-hybridized carbons (Fsp3) is 0.292. The van der Waals surface area contributed by atoms with E-state index in [0.717, 1.165) is 11.1 Å². The van der Waals surface area contributed by atoms with Crippen molar-refractivity contribution in [3.63, 3.8) is 0 Å². The van der Waals surface area contributed by atoms with Crippen LogP contribution < -0.4 is 14.8 Å². The molecule has 0 aliphatic carbocycles. The van der Waals surface area contributed by atoms with Crippen LogP contribution in [0.15, 0.2) is 53.7 Å². The largest absolute Gasteiger partial charge is 0.497 e. The van der Waals surface area contributed by atoms with Gasteiger partial charge in [0.1, 0.15) is 11.5 Å². The Balaban J connectivity index is 1.94. The zero-order valence-electron chi connectivity index (χ0n) is 20.0. The van der Waals surface area contributed by atoms with Crippen LogP contribution in [0.1, 0.15) is 17.5 Å². The van der Waals surface area contributed by atoms with Gasteiger partial charge in [0.2, 0.25) is 11.7 Å². The maximum Gasteiger partial charge on any atom is 0.373 e. The molecule has 1 aromatic heterocycles. The molecular formula is C24H27N5O5S. The van der Waals surface area contributed by atoms with Crippen molar-refractivity contribution in [1.29, 1.82) is 0 Å². The van der Waals surface area contributed by atoms with Gasteiger partial charge in [-0.05, 0) is 35.9 Å². The Morgan fingerprint density at radius 2 is 1.83 bits per heavy atom. The molecule has 11 heteroatoms. The molecule has 0 atom stereocenters. The molecule has 1 amide bonds. The first-order chi connectivity index (χ1) is 16.8. The van der Waals surface area contributed by atoms with Crippen molar-refractivity contribution in [2.45, 2.75) is 24.5 Å². The highest BCUT2D eigenvalue weighted by molar-refractivity contribution is 7.98. The van der Waals surface area contributed by atoms with Gasteiger partial charge >= 0.3 is 11.6 Å². The minimum Gasteiger partial charge on any atom is -0.497 e. The highest BCUT2D eigenvalue weighted by Crippen LogP contribution is 2.37. The van der Waals surface area contributed by atoms with E-state index >= 15 is 0 Å². The number of thioether (sulfide) groups is 1. The summed E-state index contributed by atoms with van der Waals surface area (Å²) in [6.45, 7) is 0.342. The smallest absolute Gasteiger partial charge is 0.373 e. The van der Waals surface area contributed by atoms with Crippen LogP contribution >= 0.6 is 11.8 Å². The van der Waals surface area contributed by atoms with E-state index in [-0.39, 0.29) is 23.3 Å². The minimum atomic E-state index is -0.566. The number of nitro groups is 1. The average Bonchev–Trinajstić information content (AvgIpc) is 2.85. The molecule has 0 spiro atoms. The SMILES string of the molecule is COc1cc(CCC(=O)N(C)C)cc(Oc2nc(SC)nc(NCc3ccccc3)c2[N+](=O)[O-])c1. The van der Waals surface area contributed by atoms with Crippen molar-refractivity contribution < 1.29 is 19.2 Å². The molecule has 10 nitrogen and oxygen atoms in total. The number of rotatable bonds is 11. The molecule has 0 aliphatic rings. The number of aromatic nitrogens is 2. The maximum atomic E-state index is 12.0. The number of ether oxygens (including phenoxy) is 2. The van der Waals surface area contributed by atoms with E-state index in [1.54, 1.807) is 38.6 Å². The number of benzene rings is 2. The lowest BCUT2D eigenvalue weighted by atomic mass is 10.1. The first kappa shape index (κ1) is 25.8. The third-order valence-electron chi connectivity index (χ3n) is 5.02. The second kappa shape index (κ2) is 12.0. The third kappa shape index (κ3) is 7.06. The Morgan fingerprint density at radius 3 is 2.46 bits per heavy atom. The molecule has 1 heterocycles. The number of hydrogen-bond acceptors (Lipinski definition) is 9. The van der Waals surface area contributed by atoms with Gasteiger partial charge in [0, 0.05) is 33.1 Å². The number of anilines is 1. The van der Waals surface area contributed by atoms with Crippen LogP contribution in [-0.2, 0) is 17.8 Å². The maximum absolute atomic E-state index is 12.0.